The number of nitrogens with zero attached hydrogens (tertiary/aromatic N) is 2. The Labute approximate surface area is 174 Å². The summed E-state index contributed by atoms with van der Waals surface area (Å²) in [6.45, 7) is 0.133. The maximum atomic E-state index is 12.6. The van der Waals surface area contributed by atoms with E-state index in [4.69, 9.17) is 4.74 Å². The molecule has 0 saturated carbocycles. The van der Waals surface area contributed by atoms with Crippen molar-refractivity contribution in [1.82, 2.24) is 9.29 Å². The fourth-order valence-corrected chi connectivity index (χ4v) is 4.94. The van der Waals surface area contributed by atoms with E-state index in [-0.39, 0.29) is 30.4 Å². The summed E-state index contributed by atoms with van der Waals surface area (Å²) in [4.78, 5) is 29.5. The first-order valence-corrected chi connectivity index (χ1v) is 11.8. The van der Waals surface area contributed by atoms with Crippen LogP contribution in [0.3, 0.4) is 0 Å². The minimum Gasteiger partial charge on any atom is -0.457 e. The van der Waals surface area contributed by atoms with Gasteiger partial charge in [-0.05, 0) is 43.4 Å². The lowest BCUT2D eigenvalue weighted by molar-refractivity contribution is -0.148. The highest BCUT2D eigenvalue weighted by Crippen LogP contribution is 2.24. The molecule has 9 heteroatoms. The monoisotopic (exact) mass is 434 g/mol. The molecule has 1 saturated heterocycles. The van der Waals surface area contributed by atoms with Gasteiger partial charge in [0, 0.05) is 35.9 Å². The Morgan fingerprint density at radius 1 is 1.17 bits per heavy atom. The van der Waals surface area contributed by atoms with Gasteiger partial charge in [0.15, 0.2) is 12.4 Å². The largest absolute Gasteiger partial charge is 0.457 e. The fraction of sp³-hybridized carbons (Fsp3) is 0.350. The maximum Gasteiger partial charge on any atom is 0.309 e. The molecular weight excluding hydrogens is 412 g/mol. The molecule has 0 aliphatic carbocycles. The summed E-state index contributed by atoms with van der Waals surface area (Å²) < 4.78 is 31.8. The average molecular weight is 435 g/mol. The first-order valence-electron chi connectivity index (χ1n) is 9.16. The number of Topliss-reactive ketones (excluding diaryl/α,β-unsaturated/α-hetero) is 1. The zero-order valence-corrected chi connectivity index (χ0v) is 17.6. The van der Waals surface area contributed by atoms with Crippen LogP contribution < -0.4 is 0 Å². The van der Waals surface area contributed by atoms with E-state index in [1.165, 1.54) is 22.8 Å². The maximum absolute atomic E-state index is 12.6. The Kier molecular flexibility index (Phi) is 7.05. The SMILES string of the molecule is CSc1ccc(C(=O)COC(=O)C2CCN(S(=O)(=O)c3cccnc3)CC2)cc1. The molecular formula is C20H22N2O5S2. The Morgan fingerprint density at radius 3 is 2.45 bits per heavy atom. The number of sulfonamides is 1. The van der Waals surface area contributed by atoms with Crippen molar-refractivity contribution in [2.75, 3.05) is 26.0 Å². The quantitative estimate of drug-likeness (QED) is 0.376. The van der Waals surface area contributed by atoms with E-state index >= 15 is 0 Å². The van der Waals surface area contributed by atoms with Crippen LogP contribution in [0, 0.1) is 5.92 Å². The van der Waals surface area contributed by atoms with Crippen LogP contribution in [-0.4, -0.2) is 55.4 Å². The molecule has 7 nitrogen and oxygen atoms in total. The molecule has 0 amide bonds. The van der Waals surface area contributed by atoms with Crippen molar-refractivity contribution in [3.8, 4) is 0 Å². The van der Waals surface area contributed by atoms with E-state index in [1.807, 2.05) is 18.4 Å². The number of hydrogen-bond donors (Lipinski definition) is 0. The second-order valence-electron chi connectivity index (χ2n) is 6.63. The van der Waals surface area contributed by atoms with Gasteiger partial charge in [-0.2, -0.15) is 4.31 Å². The van der Waals surface area contributed by atoms with Crippen molar-refractivity contribution in [2.45, 2.75) is 22.6 Å². The normalized spacial score (nSPS) is 15.8. The van der Waals surface area contributed by atoms with E-state index < -0.39 is 21.9 Å². The van der Waals surface area contributed by atoms with E-state index in [2.05, 4.69) is 4.98 Å². The van der Waals surface area contributed by atoms with Crippen LogP contribution >= 0.6 is 11.8 Å². The summed E-state index contributed by atoms with van der Waals surface area (Å²) in [5, 5.41) is 0. The van der Waals surface area contributed by atoms with Crippen molar-refractivity contribution in [3.05, 3.63) is 54.4 Å². The molecule has 2 heterocycles. The lowest BCUT2D eigenvalue weighted by Crippen LogP contribution is -2.40. The number of carbonyl (C=O) groups excluding carboxylic acids is 2. The summed E-state index contributed by atoms with van der Waals surface area (Å²) in [6, 6.07) is 10.2. The Morgan fingerprint density at radius 2 is 1.86 bits per heavy atom. The second kappa shape index (κ2) is 9.51. The summed E-state index contributed by atoms with van der Waals surface area (Å²) in [6.07, 6.45) is 5.49. The molecule has 1 aromatic heterocycles. The van der Waals surface area contributed by atoms with Gasteiger partial charge in [0.25, 0.3) is 0 Å². The number of carbonyl (C=O) groups is 2. The van der Waals surface area contributed by atoms with Gasteiger partial charge < -0.3 is 4.74 Å². The standard InChI is InChI=1S/C20H22N2O5S2/c1-28-17-6-4-15(5-7-17)19(23)14-27-20(24)16-8-11-22(12-9-16)29(25,26)18-3-2-10-21-13-18/h2-7,10,13,16H,8-9,11-12,14H2,1H3. The number of thioether (sulfide) groups is 1. The van der Waals surface area contributed by atoms with Gasteiger partial charge >= 0.3 is 5.97 Å². The van der Waals surface area contributed by atoms with E-state index in [1.54, 1.807) is 30.0 Å². The van der Waals surface area contributed by atoms with E-state index in [0.29, 0.717) is 18.4 Å². The van der Waals surface area contributed by atoms with Crippen LogP contribution in [-0.2, 0) is 19.6 Å². The highest BCUT2D eigenvalue weighted by Gasteiger charge is 2.33. The molecule has 0 spiro atoms. The average Bonchev–Trinajstić information content (AvgIpc) is 2.78. The first kappa shape index (κ1) is 21.5. The molecule has 1 aliphatic heterocycles. The molecule has 3 rings (SSSR count). The van der Waals surface area contributed by atoms with E-state index in [0.717, 1.165) is 4.90 Å². The predicted molar refractivity (Wildman–Crippen MR) is 109 cm³/mol. The van der Waals surface area contributed by atoms with Gasteiger partial charge in [-0.3, -0.25) is 14.6 Å². The molecule has 0 bridgehead atoms. The predicted octanol–water partition coefficient (Wildman–Crippen LogP) is 2.63. The Hall–Kier alpha value is -2.23. The first-order chi connectivity index (χ1) is 13.9. The number of benzene rings is 1. The molecule has 0 atom stereocenters. The Bertz CT molecular complexity index is 954. The van der Waals surface area contributed by atoms with Crippen LogP contribution in [0.1, 0.15) is 23.2 Å². The number of aromatic nitrogens is 1. The van der Waals surface area contributed by atoms with Crippen molar-refractivity contribution in [1.29, 1.82) is 0 Å². The minimum absolute atomic E-state index is 0.138. The molecule has 154 valence electrons. The molecule has 2 aromatic rings. The van der Waals surface area contributed by atoms with Crippen molar-refractivity contribution in [3.63, 3.8) is 0 Å². The minimum atomic E-state index is -3.62. The highest BCUT2D eigenvalue weighted by atomic mass is 32.2. The topological polar surface area (TPSA) is 93.6 Å². The molecule has 0 radical (unpaired) electrons. The Balaban J connectivity index is 1.50. The van der Waals surface area contributed by atoms with Crippen LogP contribution in [0.2, 0.25) is 0 Å². The zero-order valence-electron chi connectivity index (χ0n) is 16.0. The third kappa shape index (κ3) is 5.23. The van der Waals surface area contributed by atoms with Gasteiger partial charge in [0.1, 0.15) is 4.90 Å². The number of pyridine rings is 1. The van der Waals surface area contributed by atoms with Crippen molar-refractivity contribution < 1.29 is 22.7 Å². The lowest BCUT2D eigenvalue weighted by atomic mass is 9.98. The van der Waals surface area contributed by atoms with Crippen LogP contribution in [0.4, 0.5) is 0 Å². The van der Waals surface area contributed by atoms with Gasteiger partial charge in [0.2, 0.25) is 10.0 Å². The van der Waals surface area contributed by atoms with Crippen LogP contribution in [0.15, 0.2) is 58.6 Å². The summed E-state index contributed by atoms with van der Waals surface area (Å²) in [5.41, 5.74) is 0.494. The molecule has 1 aromatic carbocycles. The summed E-state index contributed by atoms with van der Waals surface area (Å²) in [7, 11) is -3.62. The van der Waals surface area contributed by atoms with E-state index in [9.17, 15) is 18.0 Å². The number of ketones is 1. The number of ether oxygens (including phenoxy) is 1. The summed E-state index contributed by atoms with van der Waals surface area (Å²) >= 11 is 1.58. The number of hydrogen-bond acceptors (Lipinski definition) is 7. The third-order valence-corrected chi connectivity index (χ3v) is 7.44. The number of esters is 1. The van der Waals surface area contributed by atoms with Gasteiger partial charge in [-0.1, -0.05) is 12.1 Å². The molecule has 0 unspecified atom stereocenters. The smallest absolute Gasteiger partial charge is 0.309 e. The van der Waals surface area contributed by atoms with Gasteiger partial charge in [-0.15, -0.1) is 11.8 Å². The second-order valence-corrected chi connectivity index (χ2v) is 9.44. The molecule has 1 aliphatic rings. The summed E-state index contributed by atoms with van der Waals surface area (Å²) in [5.74, 6) is -1.14. The molecule has 1 fully saturated rings. The fourth-order valence-electron chi connectivity index (χ4n) is 3.10. The van der Waals surface area contributed by atoms with Crippen LogP contribution in [0.25, 0.3) is 0 Å². The molecule has 29 heavy (non-hydrogen) atoms. The van der Waals surface area contributed by atoms with Crippen molar-refractivity contribution in [2.24, 2.45) is 5.92 Å². The van der Waals surface area contributed by atoms with Crippen LogP contribution in [0.5, 0.6) is 0 Å². The number of rotatable bonds is 7. The number of piperidine rings is 1. The zero-order chi connectivity index (χ0) is 20.9. The third-order valence-electron chi connectivity index (χ3n) is 4.82. The highest BCUT2D eigenvalue weighted by molar-refractivity contribution is 7.98. The van der Waals surface area contributed by atoms with Crippen molar-refractivity contribution >= 4 is 33.5 Å². The lowest BCUT2D eigenvalue weighted by Gasteiger charge is -2.29. The van der Waals surface area contributed by atoms with Gasteiger partial charge in [-0.25, -0.2) is 8.42 Å². The molecule has 0 N–H and O–H groups in total. The van der Waals surface area contributed by atoms with Gasteiger partial charge in [0.05, 0.1) is 5.92 Å².